The lowest BCUT2D eigenvalue weighted by atomic mass is 10.0. The normalized spacial score (nSPS) is 22.5. The monoisotopic (exact) mass is 239 g/mol. The predicted octanol–water partition coefficient (Wildman–Crippen LogP) is 2.06. The van der Waals surface area contributed by atoms with E-state index in [9.17, 15) is 9.59 Å². The van der Waals surface area contributed by atoms with Crippen LogP contribution in [0.5, 0.6) is 0 Å². The van der Waals surface area contributed by atoms with Crippen molar-refractivity contribution in [2.45, 2.75) is 39.5 Å². The molecule has 1 saturated heterocycles. The number of aliphatic carboxylic acids is 1. The summed E-state index contributed by atoms with van der Waals surface area (Å²) in [4.78, 5) is 24.4. The first-order chi connectivity index (χ1) is 8.04. The van der Waals surface area contributed by atoms with Crippen molar-refractivity contribution in [3.05, 3.63) is 11.6 Å². The molecule has 1 N–H and O–H groups in total. The molecule has 0 aromatic heterocycles. The van der Waals surface area contributed by atoms with Crippen molar-refractivity contribution in [2.75, 3.05) is 13.1 Å². The molecule has 4 heteroatoms. The minimum Gasteiger partial charge on any atom is -0.478 e. The Morgan fingerprint density at radius 1 is 1.53 bits per heavy atom. The molecule has 0 saturated carbocycles. The van der Waals surface area contributed by atoms with Gasteiger partial charge in [0.25, 0.3) is 0 Å². The van der Waals surface area contributed by atoms with Gasteiger partial charge >= 0.3 is 5.97 Å². The highest BCUT2D eigenvalue weighted by Crippen LogP contribution is 2.17. The van der Waals surface area contributed by atoms with E-state index in [0.29, 0.717) is 30.9 Å². The molecule has 1 aliphatic rings. The lowest BCUT2D eigenvalue weighted by Gasteiger charge is -2.19. The summed E-state index contributed by atoms with van der Waals surface area (Å²) in [6.07, 6.45) is 4.69. The molecule has 0 aliphatic carbocycles. The fraction of sp³-hybridized carbons (Fsp3) is 0.692. The Morgan fingerprint density at radius 3 is 2.82 bits per heavy atom. The minimum atomic E-state index is -0.886. The Bertz CT molecular complexity index is 323. The summed E-state index contributed by atoms with van der Waals surface area (Å²) < 4.78 is 0. The van der Waals surface area contributed by atoms with Crippen molar-refractivity contribution in [3.8, 4) is 0 Å². The molecule has 1 atom stereocenters. The number of likely N-dealkylation sites (tertiary alicyclic amines) is 1. The maximum absolute atomic E-state index is 11.8. The van der Waals surface area contributed by atoms with Crippen LogP contribution < -0.4 is 0 Å². The van der Waals surface area contributed by atoms with Gasteiger partial charge in [0.1, 0.15) is 0 Å². The SMILES string of the molecule is CCC(=CCN1CCC(C)CCC1=O)C(=O)O. The van der Waals surface area contributed by atoms with E-state index in [2.05, 4.69) is 6.92 Å². The lowest BCUT2D eigenvalue weighted by molar-refractivity contribution is -0.133. The van der Waals surface area contributed by atoms with Crippen molar-refractivity contribution in [2.24, 2.45) is 5.92 Å². The van der Waals surface area contributed by atoms with Crippen molar-refractivity contribution in [1.82, 2.24) is 4.90 Å². The number of amides is 1. The number of nitrogens with zero attached hydrogens (tertiary/aromatic N) is 1. The molecular weight excluding hydrogens is 218 g/mol. The quantitative estimate of drug-likeness (QED) is 0.764. The topological polar surface area (TPSA) is 57.6 Å². The summed E-state index contributed by atoms with van der Waals surface area (Å²) in [5.41, 5.74) is 0.384. The number of carbonyl (C=O) groups excluding carboxylic acids is 1. The van der Waals surface area contributed by atoms with Gasteiger partial charge in [0, 0.05) is 25.1 Å². The zero-order valence-electron chi connectivity index (χ0n) is 10.6. The van der Waals surface area contributed by atoms with Gasteiger partial charge in [-0.15, -0.1) is 0 Å². The summed E-state index contributed by atoms with van der Waals surface area (Å²) in [5, 5.41) is 8.89. The molecule has 0 bridgehead atoms. The van der Waals surface area contributed by atoms with Gasteiger partial charge in [-0.05, 0) is 25.2 Å². The van der Waals surface area contributed by atoms with Gasteiger partial charge in [-0.25, -0.2) is 4.79 Å². The van der Waals surface area contributed by atoms with E-state index >= 15 is 0 Å². The second kappa shape index (κ2) is 6.42. The van der Waals surface area contributed by atoms with Crippen LogP contribution in [-0.2, 0) is 9.59 Å². The Morgan fingerprint density at radius 2 is 2.24 bits per heavy atom. The summed E-state index contributed by atoms with van der Waals surface area (Å²) in [6.45, 7) is 5.14. The van der Waals surface area contributed by atoms with E-state index in [4.69, 9.17) is 5.11 Å². The van der Waals surface area contributed by atoms with E-state index in [1.165, 1.54) is 0 Å². The van der Waals surface area contributed by atoms with Gasteiger partial charge in [0.2, 0.25) is 5.91 Å². The molecule has 17 heavy (non-hydrogen) atoms. The Hall–Kier alpha value is -1.32. The zero-order chi connectivity index (χ0) is 12.8. The van der Waals surface area contributed by atoms with Crippen molar-refractivity contribution in [3.63, 3.8) is 0 Å². The second-order valence-electron chi connectivity index (χ2n) is 4.66. The van der Waals surface area contributed by atoms with E-state index < -0.39 is 5.97 Å². The number of carbonyl (C=O) groups is 2. The third kappa shape index (κ3) is 4.21. The summed E-state index contributed by atoms with van der Waals surface area (Å²) >= 11 is 0. The summed E-state index contributed by atoms with van der Waals surface area (Å²) in [5.74, 6) is -0.160. The number of carboxylic acids is 1. The average Bonchev–Trinajstić information content (AvgIpc) is 2.44. The van der Waals surface area contributed by atoms with Crippen molar-refractivity contribution >= 4 is 11.9 Å². The van der Waals surface area contributed by atoms with Crippen LogP contribution in [0, 0.1) is 5.92 Å². The Labute approximate surface area is 102 Å². The number of rotatable bonds is 4. The van der Waals surface area contributed by atoms with Gasteiger partial charge in [0.05, 0.1) is 0 Å². The molecule has 0 aromatic rings. The van der Waals surface area contributed by atoms with Gasteiger partial charge in [-0.2, -0.15) is 0 Å². The smallest absolute Gasteiger partial charge is 0.331 e. The van der Waals surface area contributed by atoms with Crippen molar-refractivity contribution in [1.29, 1.82) is 0 Å². The Balaban J connectivity index is 2.60. The number of hydrogen-bond donors (Lipinski definition) is 1. The van der Waals surface area contributed by atoms with Crippen LogP contribution in [0.4, 0.5) is 0 Å². The molecule has 1 unspecified atom stereocenters. The molecule has 96 valence electrons. The maximum Gasteiger partial charge on any atom is 0.331 e. The molecule has 0 spiro atoms. The third-order valence-electron chi connectivity index (χ3n) is 3.31. The molecule has 1 fully saturated rings. The largest absolute Gasteiger partial charge is 0.478 e. The fourth-order valence-corrected chi connectivity index (χ4v) is 1.97. The first-order valence-corrected chi connectivity index (χ1v) is 6.24. The van der Waals surface area contributed by atoms with Crippen LogP contribution in [0.1, 0.15) is 39.5 Å². The van der Waals surface area contributed by atoms with Gasteiger partial charge < -0.3 is 10.0 Å². The molecule has 0 aromatic carbocycles. The average molecular weight is 239 g/mol. The second-order valence-corrected chi connectivity index (χ2v) is 4.66. The number of hydrogen-bond acceptors (Lipinski definition) is 2. The van der Waals surface area contributed by atoms with E-state index in [0.717, 1.165) is 19.4 Å². The van der Waals surface area contributed by atoms with Crippen LogP contribution in [0.3, 0.4) is 0 Å². The third-order valence-corrected chi connectivity index (χ3v) is 3.31. The molecule has 1 aliphatic heterocycles. The summed E-state index contributed by atoms with van der Waals surface area (Å²) in [6, 6.07) is 0. The molecule has 4 nitrogen and oxygen atoms in total. The van der Waals surface area contributed by atoms with Crippen LogP contribution in [0.15, 0.2) is 11.6 Å². The molecule has 1 rings (SSSR count). The molecular formula is C13H21NO3. The van der Waals surface area contributed by atoms with Gasteiger partial charge in [-0.3, -0.25) is 4.79 Å². The highest BCUT2D eigenvalue weighted by molar-refractivity contribution is 5.86. The first kappa shape index (κ1) is 13.7. The van der Waals surface area contributed by atoms with E-state index in [1.54, 1.807) is 11.0 Å². The maximum atomic E-state index is 11.8. The van der Waals surface area contributed by atoms with Crippen LogP contribution in [0.2, 0.25) is 0 Å². The standard InChI is InChI=1S/C13H21NO3/c1-3-11(13(16)17)7-9-14-8-6-10(2)4-5-12(14)15/h7,10H,3-6,8-9H2,1-2H3,(H,16,17). The lowest BCUT2D eigenvalue weighted by Crippen LogP contribution is -2.30. The van der Waals surface area contributed by atoms with Crippen molar-refractivity contribution < 1.29 is 14.7 Å². The summed E-state index contributed by atoms with van der Waals surface area (Å²) in [7, 11) is 0. The van der Waals surface area contributed by atoms with Crippen LogP contribution >= 0.6 is 0 Å². The molecule has 1 heterocycles. The fourth-order valence-electron chi connectivity index (χ4n) is 1.97. The first-order valence-electron chi connectivity index (χ1n) is 6.24. The molecule has 1 amide bonds. The molecule has 0 radical (unpaired) electrons. The van der Waals surface area contributed by atoms with E-state index in [1.807, 2.05) is 6.92 Å². The number of carboxylic acid groups (broad SMARTS) is 1. The highest BCUT2D eigenvalue weighted by atomic mass is 16.4. The van der Waals surface area contributed by atoms with Gasteiger partial charge in [0.15, 0.2) is 0 Å². The van der Waals surface area contributed by atoms with E-state index in [-0.39, 0.29) is 5.91 Å². The zero-order valence-corrected chi connectivity index (χ0v) is 10.6. The Kier molecular flexibility index (Phi) is 5.19. The minimum absolute atomic E-state index is 0.145. The van der Waals surface area contributed by atoms with Gasteiger partial charge in [-0.1, -0.05) is 19.9 Å². The van der Waals surface area contributed by atoms with Crippen LogP contribution in [-0.4, -0.2) is 35.0 Å². The predicted molar refractivity (Wildman–Crippen MR) is 65.6 cm³/mol. The van der Waals surface area contributed by atoms with Crippen LogP contribution in [0.25, 0.3) is 0 Å². The highest BCUT2D eigenvalue weighted by Gasteiger charge is 2.19.